The third kappa shape index (κ3) is 6.39. The predicted molar refractivity (Wildman–Crippen MR) is 44.2 cm³/mol. The first-order valence-electron chi connectivity index (χ1n) is 4.03. The molecule has 0 aromatic rings. The second-order valence-electron chi connectivity index (χ2n) is 2.63. The second-order valence-corrected chi connectivity index (χ2v) is 2.78. The summed E-state index contributed by atoms with van der Waals surface area (Å²) in [7, 11) is -1.08. The van der Waals surface area contributed by atoms with Crippen LogP contribution in [0.25, 0.3) is 0 Å². The Morgan fingerprint density at radius 2 is 2.09 bits per heavy atom. The Kier molecular flexibility index (Phi) is 8.08. The van der Waals surface area contributed by atoms with Crippen LogP contribution in [0.4, 0.5) is 0 Å². The SMILES string of the molecule is CCC1CCCCN1.O=[P+]=O. The zero-order chi connectivity index (χ0) is 8.53. The molecular formula is C7H15NO2P+. The van der Waals surface area contributed by atoms with Gasteiger partial charge in [0, 0.05) is 6.04 Å². The summed E-state index contributed by atoms with van der Waals surface area (Å²) in [6, 6.07) is 0.837. The van der Waals surface area contributed by atoms with Crippen LogP contribution in [-0.4, -0.2) is 12.6 Å². The van der Waals surface area contributed by atoms with Crippen molar-refractivity contribution in [2.24, 2.45) is 0 Å². The molecule has 1 atom stereocenters. The van der Waals surface area contributed by atoms with Crippen LogP contribution in [0.3, 0.4) is 0 Å². The van der Waals surface area contributed by atoms with Gasteiger partial charge in [0.15, 0.2) is 0 Å². The molecule has 1 aliphatic rings. The molecular weight excluding hydrogens is 161 g/mol. The van der Waals surface area contributed by atoms with E-state index < -0.39 is 8.34 Å². The maximum absolute atomic E-state index is 8.35. The third-order valence-electron chi connectivity index (χ3n) is 1.91. The molecule has 0 aromatic heterocycles. The van der Waals surface area contributed by atoms with Crippen molar-refractivity contribution in [1.29, 1.82) is 0 Å². The van der Waals surface area contributed by atoms with Crippen LogP contribution in [0.1, 0.15) is 32.6 Å². The average molecular weight is 176 g/mol. The minimum absolute atomic E-state index is 0.837. The summed E-state index contributed by atoms with van der Waals surface area (Å²) >= 11 is 0. The second kappa shape index (κ2) is 8.09. The molecule has 4 heteroatoms. The standard InChI is InChI=1S/C7H15N.O2P/c1-2-7-5-3-4-6-8-7;1-3-2/h7-8H,2-6H2,1H3;/q;+1. The fraction of sp³-hybridized carbons (Fsp3) is 1.00. The number of hydrogen-bond acceptors (Lipinski definition) is 3. The van der Waals surface area contributed by atoms with E-state index in [-0.39, 0.29) is 0 Å². The van der Waals surface area contributed by atoms with E-state index in [9.17, 15) is 0 Å². The van der Waals surface area contributed by atoms with Crippen molar-refractivity contribution in [3.8, 4) is 0 Å². The van der Waals surface area contributed by atoms with Gasteiger partial charge in [-0.3, -0.25) is 0 Å². The summed E-state index contributed by atoms with van der Waals surface area (Å²) in [5, 5.41) is 3.47. The van der Waals surface area contributed by atoms with Gasteiger partial charge in [0.2, 0.25) is 0 Å². The topological polar surface area (TPSA) is 46.2 Å². The van der Waals surface area contributed by atoms with Crippen molar-refractivity contribution in [3.63, 3.8) is 0 Å². The molecule has 3 nitrogen and oxygen atoms in total. The molecule has 0 spiro atoms. The van der Waals surface area contributed by atoms with Gasteiger partial charge in [-0.1, -0.05) is 13.3 Å². The molecule has 11 heavy (non-hydrogen) atoms. The first-order valence-corrected chi connectivity index (χ1v) is 4.76. The fourth-order valence-corrected chi connectivity index (χ4v) is 1.27. The molecule has 0 radical (unpaired) electrons. The van der Waals surface area contributed by atoms with E-state index >= 15 is 0 Å². The Bertz CT molecular complexity index is 118. The molecule has 0 aromatic carbocycles. The molecule has 0 saturated carbocycles. The van der Waals surface area contributed by atoms with Crippen molar-refractivity contribution < 1.29 is 9.13 Å². The van der Waals surface area contributed by atoms with Crippen LogP contribution in [0.15, 0.2) is 0 Å². The van der Waals surface area contributed by atoms with E-state index in [2.05, 4.69) is 12.2 Å². The molecule has 1 fully saturated rings. The number of nitrogens with one attached hydrogen (secondary N) is 1. The van der Waals surface area contributed by atoms with Gasteiger partial charge in [-0.2, -0.15) is 0 Å². The summed E-state index contributed by atoms with van der Waals surface area (Å²) in [6.07, 6.45) is 5.53. The van der Waals surface area contributed by atoms with E-state index in [1.807, 2.05) is 0 Å². The summed E-state index contributed by atoms with van der Waals surface area (Å²) in [5.74, 6) is 0. The summed E-state index contributed by atoms with van der Waals surface area (Å²) < 4.78 is 16.7. The molecule has 64 valence electrons. The first kappa shape index (κ1) is 11.0. The first-order chi connectivity index (χ1) is 5.35. The summed E-state index contributed by atoms with van der Waals surface area (Å²) in [6.45, 7) is 3.50. The Balaban J connectivity index is 0.000000292. The van der Waals surface area contributed by atoms with Crippen LogP contribution in [0.2, 0.25) is 0 Å². The average Bonchev–Trinajstić information content (AvgIpc) is 2.08. The van der Waals surface area contributed by atoms with Gasteiger partial charge in [-0.15, -0.1) is 0 Å². The van der Waals surface area contributed by atoms with E-state index in [4.69, 9.17) is 9.13 Å². The van der Waals surface area contributed by atoms with Gasteiger partial charge in [0.25, 0.3) is 0 Å². The summed E-state index contributed by atoms with van der Waals surface area (Å²) in [5.41, 5.74) is 0. The number of piperidine rings is 1. The third-order valence-corrected chi connectivity index (χ3v) is 1.91. The fourth-order valence-electron chi connectivity index (χ4n) is 1.27. The van der Waals surface area contributed by atoms with Gasteiger partial charge in [0.1, 0.15) is 0 Å². The predicted octanol–water partition coefficient (Wildman–Crippen LogP) is 2.16. The van der Waals surface area contributed by atoms with E-state index in [0.29, 0.717) is 0 Å². The minimum atomic E-state index is -1.08. The van der Waals surface area contributed by atoms with Gasteiger partial charge in [-0.05, 0) is 25.8 Å². The van der Waals surface area contributed by atoms with E-state index in [1.54, 1.807) is 0 Å². The van der Waals surface area contributed by atoms with Gasteiger partial charge in [0.05, 0.1) is 0 Å². The molecule has 0 bridgehead atoms. The molecule has 1 N–H and O–H groups in total. The van der Waals surface area contributed by atoms with Gasteiger partial charge in [-0.25, -0.2) is 0 Å². The van der Waals surface area contributed by atoms with Gasteiger partial charge >= 0.3 is 17.5 Å². The summed E-state index contributed by atoms with van der Waals surface area (Å²) in [4.78, 5) is 0. The van der Waals surface area contributed by atoms with E-state index in [0.717, 1.165) is 6.04 Å². The Hall–Kier alpha value is -0.0100. The zero-order valence-electron chi connectivity index (χ0n) is 6.88. The zero-order valence-corrected chi connectivity index (χ0v) is 7.77. The van der Waals surface area contributed by atoms with Crippen molar-refractivity contribution in [2.75, 3.05) is 6.54 Å². The number of rotatable bonds is 1. The van der Waals surface area contributed by atoms with Crippen LogP contribution in [0.5, 0.6) is 0 Å². The van der Waals surface area contributed by atoms with Crippen molar-refractivity contribution in [2.45, 2.75) is 38.6 Å². The Labute approximate surface area is 68.8 Å². The molecule has 1 saturated heterocycles. The van der Waals surface area contributed by atoms with Crippen molar-refractivity contribution in [3.05, 3.63) is 0 Å². The van der Waals surface area contributed by atoms with Crippen LogP contribution in [-0.2, 0) is 9.13 Å². The molecule has 0 amide bonds. The molecule has 1 rings (SSSR count). The Morgan fingerprint density at radius 1 is 1.45 bits per heavy atom. The molecule has 1 heterocycles. The van der Waals surface area contributed by atoms with Crippen LogP contribution >= 0.6 is 8.34 Å². The van der Waals surface area contributed by atoms with Crippen molar-refractivity contribution >= 4 is 8.34 Å². The number of hydrogen-bond donors (Lipinski definition) is 1. The monoisotopic (exact) mass is 176 g/mol. The van der Waals surface area contributed by atoms with Crippen molar-refractivity contribution in [1.82, 2.24) is 5.32 Å². The maximum atomic E-state index is 8.35. The van der Waals surface area contributed by atoms with E-state index in [1.165, 1.54) is 32.2 Å². The normalized spacial score (nSPS) is 22.8. The quantitative estimate of drug-likeness (QED) is 0.623. The van der Waals surface area contributed by atoms with Crippen LogP contribution < -0.4 is 5.32 Å². The molecule has 1 unspecified atom stereocenters. The van der Waals surface area contributed by atoms with Crippen LogP contribution in [0, 0.1) is 0 Å². The molecule has 1 aliphatic heterocycles. The molecule has 0 aliphatic carbocycles. The van der Waals surface area contributed by atoms with Gasteiger partial charge < -0.3 is 5.32 Å². The Morgan fingerprint density at radius 3 is 2.36 bits per heavy atom.